The molecule has 1 heterocycles. The molecule has 0 bridgehead atoms. The van der Waals surface area contributed by atoms with Gasteiger partial charge < -0.3 is 21.9 Å². The van der Waals surface area contributed by atoms with Crippen molar-refractivity contribution in [1.29, 1.82) is 0 Å². The van der Waals surface area contributed by atoms with Crippen molar-refractivity contribution < 1.29 is 26.3 Å². The molecule has 0 radical (unpaired) electrons. The Hall–Kier alpha value is -1.68. The second-order valence-electron chi connectivity index (χ2n) is 6.17. The quantitative estimate of drug-likeness (QED) is 0.478. The molecule has 0 aliphatic heterocycles. The molecule has 3 nitrogen and oxygen atoms in total. The minimum absolute atomic E-state index is 0. The van der Waals surface area contributed by atoms with Gasteiger partial charge in [0.15, 0.2) is 12.4 Å². The van der Waals surface area contributed by atoms with Crippen LogP contribution in [0.4, 0.5) is 0 Å². The Morgan fingerprint density at radius 2 is 1.62 bits per heavy atom. The van der Waals surface area contributed by atoms with Gasteiger partial charge in [-0.2, -0.15) is 0 Å². The van der Waals surface area contributed by atoms with E-state index in [1.807, 2.05) is 41.3 Å². The largest absolute Gasteiger partial charge is 1.00 e. The molecule has 0 aliphatic carbocycles. The highest BCUT2D eigenvalue weighted by atomic mass is 79.9. The molecule has 0 aliphatic rings. The van der Waals surface area contributed by atoms with E-state index in [1.165, 1.54) is 5.56 Å². The van der Waals surface area contributed by atoms with Gasteiger partial charge in [-0.05, 0) is 25.8 Å². The van der Waals surface area contributed by atoms with Crippen LogP contribution in [-0.4, -0.2) is 16.8 Å². The van der Waals surface area contributed by atoms with Crippen LogP contribution in [0.1, 0.15) is 38.7 Å². The van der Waals surface area contributed by atoms with E-state index in [0.29, 0.717) is 13.0 Å². The van der Waals surface area contributed by atoms with Crippen LogP contribution in [0, 0.1) is 0 Å². The summed E-state index contributed by atoms with van der Waals surface area (Å²) in [4.78, 5) is 14.5. The maximum absolute atomic E-state index is 12.5. The number of hydrogen-bond acceptors (Lipinski definition) is 1. The van der Waals surface area contributed by atoms with Gasteiger partial charge in [0.05, 0.1) is 0 Å². The lowest BCUT2D eigenvalue weighted by Gasteiger charge is -2.27. The van der Waals surface area contributed by atoms with E-state index < -0.39 is 0 Å². The van der Waals surface area contributed by atoms with E-state index in [9.17, 15) is 4.79 Å². The number of halogens is 1. The first kappa shape index (κ1) is 20.4. The summed E-state index contributed by atoms with van der Waals surface area (Å²) in [6.45, 7) is 5.83. The summed E-state index contributed by atoms with van der Waals surface area (Å²) in [6.07, 6.45) is 6.71. The number of carbonyl (C=O) groups excluding carboxylic acids is 1. The Labute approximate surface area is 156 Å². The molecule has 2 rings (SSSR count). The summed E-state index contributed by atoms with van der Waals surface area (Å²) in [7, 11) is 0. The Kier molecular flexibility index (Phi) is 9.31. The molecule has 0 fully saturated rings. The minimum atomic E-state index is 0. The van der Waals surface area contributed by atoms with Crippen LogP contribution in [0.5, 0.6) is 0 Å². The molecule has 4 heteroatoms. The highest BCUT2D eigenvalue weighted by Crippen LogP contribution is 2.11. The zero-order valence-corrected chi connectivity index (χ0v) is 16.2. The van der Waals surface area contributed by atoms with Crippen LogP contribution in [0.2, 0.25) is 0 Å². The Bertz CT molecular complexity index is 587. The van der Waals surface area contributed by atoms with Gasteiger partial charge in [-0.3, -0.25) is 4.79 Å². The maximum Gasteiger partial charge on any atom is 0.223 e. The average molecular weight is 391 g/mol. The van der Waals surface area contributed by atoms with Crippen molar-refractivity contribution in [3.63, 3.8) is 0 Å². The van der Waals surface area contributed by atoms with Crippen molar-refractivity contribution in [1.82, 2.24) is 4.90 Å². The first-order valence-electron chi connectivity index (χ1n) is 8.44. The van der Waals surface area contributed by atoms with Gasteiger partial charge in [0.1, 0.15) is 6.54 Å². The lowest BCUT2D eigenvalue weighted by Crippen LogP contribution is -3.00. The lowest BCUT2D eigenvalue weighted by atomic mass is 10.1. The molecule has 1 aromatic carbocycles. The zero-order chi connectivity index (χ0) is 16.5. The SMILES string of the molecule is CC(C)N(Cc1ccccc1)C(=O)CCCC[n+]1ccccc1.[Br-]. The van der Waals surface area contributed by atoms with Crippen LogP contribution in [0.3, 0.4) is 0 Å². The molecule has 0 N–H and O–H groups in total. The Balaban J connectivity index is 0.00000288. The van der Waals surface area contributed by atoms with Gasteiger partial charge in [-0.15, -0.1) is 0 Å². The van der Waals surface area contributed by atoms with Gasteiger partial charge in [0.25, 0.3) is 0 Å². The molecule has 0 unspecified atom stereocenters. The standard InChI is InChI=1S/C20H27N2O.BrH/c1-18(2)22(17-19-11-5-3-6-12-19)20(23)13-7-10-16-21-14-8-4-9-15-21;/h3-6,8-9,11-12,14-15,18H,7,10,13,16-17H2,1-2H3;1H/q+1;/p-1. The van der Waals surface area contributed by atoms with E-state index in [4.69, 9.17) is 0 Å². The van der Waals surface area contributed by atoms with E-state index in [-0.39, 0.29) is 28.9 Å². The van der Waals surface area contributed by atoms with Crippen molar-refractivity contribution in [3.05, 3.63) is 66.5 Å². The molecule has 24 heavy (non-hydrogen) atoms. The molecule has 1 amide bonds. The molecular formula is C20H27BrN2O. The molecule has 130 valence electrons. The van der Waals surface area contributed by atoms with Gasteiger partial charge >= 0.3 is 0 Å². The number of carbonyl (C=O) groups is 1. The van der Waals surface area contributed by atoms with E-state index >= 15 is 0 Å². The van der Waals surface area contributed by atoms with Gasteiger partial charge in [-0.1, -0.05) is 36.4 Å². The number of pyridine rings is 1. The monoisotopic (exact) mass is 390 g/mol. The summed E-state index contributed by atoms with van der Waals surface area (Å²) in [5.74, 6) is 0.252. The summed E-state index contributed by atoms with van der Waals surface area (Å²) in [5, 5.41) is 0. The van der Waals surface area contributed by atoms with Gasteiger partial charge in [0.2, 0.25) is 5.91 Å². The van der Waals surface area contributed by atoms with E-state index in [2.05, 4.69) is 42.9 Å². The van der Waals surface area contributed by atoms with Crippen LogP contribution in [0.25, 0.3) is 0 Å². The number of unbranched alkanes of at least 4 members (excludes halogenated alkanes) is 1. The van der Waals surface area contributed by atoms with Crippen LogP contribution in [0.15, 0.2) is 60.9 Å². The first-order valence-corrected chi connectivity index (χ1v) is 8.44. The average Bonchev–Trinajstić information content (AvgIpc) is 2.58. The highest BCUT2D eigenvalue weighted by Gasteiger charge is 2.17. The summed E-state index contributed by atoms with van der Waals surface area (Å²) in [6, 6.07) is 16.5. The summed E-state index contributed by atoms with van der Waals surface area (Å²) in [5.41, 5.74) is 1.19. The van der Waals surface area contributed by atoms with Crippen LogP contribution < -0.4 is 21.5 Å². The molecule has 1 aromatic heterocycles. The molecule has 0 spiro atoms. The third-order valence-corrected chi connectivity index (χ3v) is 3.97. The van der Waals surface area contributed by atoms with Gasteiger partial charge in [-0.25, -0.2) is 4.57 Å². The second-order valence-corrected chi connectivity index (χ2v) is 6.17. The lowest BCUT2D eigenvalue weighted by molar-refractivity contribution is -0.697. The zero-order valence-electron chi connectivity index (χ0n) is 14.6. The number of aryl methyl sites for hydroxylation is 1. The highest BCUT2D eigenvalue weighted by molar-refractivity contribution is 5.76. The first-order chi connectivity index (χ1) is 11.2. The third-order valence-electron chi connectivity index (χ3n) is 3.97. The fraction of sp³-hybridized carbons (Fsp3) is 0.400. The molecular weight excluding hydrogens is 364 g/mol. The van der Waals surface area contributed by atoms with Crippen LogP contribution in [-0.2, 0) is 17.9 Å². The predicted octanol–water partition coefficient (Wildman–Crippen LogP) is 0.586. The number of hydrogen-bond donors (Lipinski definition) is 0. The van der Waals surface area contributed by atoms with Crippen molar-refractivity contribution in [2.45, 2.75) is 52.2 Å². The maximum atomic E-state index is 12.5. The molecule has 0 atom stereocenters. The smallest absolute Gasteiger partial charge is 0.223 e. The Morgan fingerprint density at radius 3 is 2.25 bits per heavy atom. The normalized spacial score (nSPS) is 10.3. The number of aromatic nitrogens is 1. The van der Waals surface area contributed by atoms with Crippen molar-refractivity contribution in [3.8, 4) is 0 Å². The van der Waals surface area contributed by atoms with Gasteiger partial charge in [0, 0.05) is 37.6 Å². The molecule has 0 saturated heterocycles. The van der Waals surface area contributed by atoms with Crippen molar-refractivity contribution in [2.24, 2.45) is 0 Å². The predicted molar refractivity (Wildman–Crippen MR) is 92.6 cm³/mol. The number of benzene rings is 1. The van der Waals surface area contributed by atoms with Crippen molar-refractivity contribution in [2.75, 3.05) is 0 Å². The minimum Gasteiger partial charge on any atom is -1.00 e. The number of rotatable bonds is 8. The van der Waals surface area contributed by atoms with E-state index in [0.717, 1.165) is 19.4 Å². The fourth-order valence-corrected chi connectivity index (χ4v) is 2.64. The fourth-order valence-electron chi connectivity index (χ4n) is 2.64. The topological polar surface area (TPSA) is 24.2 Å². The van der Waals surface area contributed by atoms with Crippen molar-refractivity contribution >= 4 is 5.91 Å². The van der Waals surface area contributed by atoms with Crippen LogP contribution >= 0.6 is 0 Å². The number of nitrogens with zero attached hydrogens (tertiary/aromatic N) is 2. The summed E-state index contributed by atoms with van der Waals surface area (Å²) >= 11 is 0. The Morgan fingerprint density at radius 1 is 1.00 bits per heavy atom. The summed E-state index contributed by atoms with van der Waals surface area (Å²) < 4.78 is 2.16. The molecule has 0 saturated carbocycles. The third kappa shape index (κ3) is 6.83. The number of amides is 1. The molecule has 2 aromatic rings. The van der Waals surface area contributed by atoms with E-state index in [1.54, 1.807) is 0 Å². The second kappa shape index (κ2) is 11.0.